The highest BCUT2D eigenvalue weighted by Gasteiger charge is 2.46. The van der Waals surface area contributed by atoms with E-state index in [0.717, 1.165) is 10.9 Å². The molecule has 7 heteroatoms. The van der Waals surface area contributed by atoms with Crippen LogP contribution in [0.2, 0.25) is 0 Å². The van der Waals surface area contributed by atoms with Crippen molar-refractivity contribution in [3.8, 4) is 0 Å². The first-order valence-corrected chi connectivity index (χ1v) is 10.2. The highest BCUT2D eigenvalue weighted by Crippen LogP contribution is 2.42. The first kappa shape index (κ1) is 18.3. The minimum Gasteiger partial charge on any atom is -0.503 e. The second-order valence-electron chi connectivity index (χ2n) is 7.04. The number of furan rings is 1. The van der Waals surface area contributed by atoms with Gasteiger partial charge in [-0.1, -0.05) is 48.0 Å². The summed E-state index contributed by atoms with van der Waals surface area (Å²) in [7, 11) is 0. The van der Waals surface area contributed by atoms with Crippen LogP contribution in [-0.2, 0) is 4.79 Å². The summed E-state index contributed by atoms with van der Waals surface area (Å²) in [5, 5.41) is 13.6. The molecule has 0 saturated carbocycles. The van der Waals surface area contributed by atoms with Crippen LogP contribution in [0.3, 0.4) is 0 Å². The molecule has 5 rings (SSSR count). The van der Waals surface area contributed by atoms with E-state index in [4.69, 9.17) is 4.42 Å². The highest BCUT2D eigenvalue weighted by atomic mass is 32.1. The molecule has 0 unspecified atom stereocenters. The van der Waals surface area contributed by atoms with E-state index in [1.165, 1.54) is 16.2 Å². The van der Waals surface area contributed by atoms with Crippen LogP contribution < -0.4 is 4.90 Å². The van der Waals surface area contributed by atoms with Crippen molar-refractivity contribution in [1.82, 2.24) is 4.98 Å². The summed E-state index contributed by atoms with van der Waals surface area (Å²) in [6.45, 7) is 1.95. The van der Waals surface area contributed by atoms with E-state index in [-0.39, 0.29) is 11.3 Å². The lowest BCUT2D eigenvalue weighted by Gasteiger charge is -2.24. The van der Waals surface area contributed by atoms with Crippen molar-refractivity contribution in [1.29, 1.82) is 0 Å². The number of anilines is 1. The van der Waals surface area contributed by atoms with Gasteiger partial charge in [0.1, 0.15) is 5.58 Å². The van der Waals surface area contributed by atoms with Gasteiger partial charge in [-0.05, 0) is 24.6 Å². The Morgan fingerprint density at radius 1 is 1.17 bits per heavy atom. The fourth-order valence-electron chi connectivity index (χ4n) is 3.66. The van der Waals surface area contributed by atoms with Gasteiger partial charge in [0, 0.05) is 17.0 Å². The number of amides is 1. The normalized spacial score (nSPS) is 16.6. The molecular formula is C23H16N2O4S. The minimum absolute atomic E-state index is 0.0156. The van der Waals surface area contributed by atoms with E-state index >= 15 is 0 Å². The standard InChI is InChI=1S/C23H16N2O4S/c1-13-6-8-14(9-7-13)19-18(21(27)22(28)25(19)23-24-10-11-30-23)20(26)17-12-15-4-2-3-5-16(15)29-17/h2-12,19,27H,1H3/t19-/m0/s1. The van der Waals surface area contributed by atoms with Gasteiger partial charge < -0.3 is 9.52 Å². The molecule has 3 heterocycles. The SMILES string of the molecule is Cc1ccc([C@H]2C(C(=O)c3cc4ccccc4o3)=C(O)C(=O)N2c2nccs2)cc1. The van der Waals surface area contributed by atoms with E-state index < -0.39 is 23.5 Å². The lowest BCUT2D eigenvalue weighted by Crippen LogP contribution is -2.30. The van der Waals surface area contributed by atoms with Crippen LogP contribution in [0.1, 0.15) is 27.7 Å². The van der Waals surface area contributed by atoms with E-state index in [1.54, 1.807) is 23.7 Å². The van der Waals surface area contributed by atoms with E-state index in [9.17, 15) is 14.7 Å². The van der Waals surface area contributed by atoms with Crippen LogP contribution in [-0.4, -0.2) is 21.8 Å². The zero-order valence-corrected chi connectivity index (χ0v) is 16.7. The average Bonchev–Trinajstić information content (AvgIpc) is 3.47. The number of rotatable bonds is 4. The molecule has 0 radical (unpaired) electrons. The molecule has 1 atom stereocenters. The summed E-state index contributed by atoms with van der Waals surface area (Å²) in [6.07, 6.45) is 1.58. The Kier molecular flexibility index (Phi) is 4.25. The Morgan fingerprint density at radius 3 is 2.63 bits per heavy atom. The number of benzene rings is 2. The van der Waals surface area contributed by atoms with Crippen LogP contribution in [0.4, 0.5) is 5.13 Å². The molecule has 0 bridgehead atoms. The minimum atomic E-state index is -0.801. The van der Waals surface area contributed by atoms with Crippen LogP contribution in [0, 0.1) is 6.92 Å². The molecule has 6 nitrogen and oxygen atoms in total. The number of aromatic nitrogens is 1. The Labute approximate surface area is 175 Å². The van der Waals surface area contributed by atoms with Crippen molar-refractivity contribution in [3.05, 3.63) is 94.4 Å². The van der Waals surface area contributed by atoms with Gasteiger partial charge in [0.05, 0.1) is 11.6 Å². The monoisotopic (exact) mass is 416 g/mol. The Balaban J connectivity index is 1.66. The molecule has 0 spiro atoms. The lowest BCUT2D eigenvalue weighted by atomic mass is 9.94. The summed E-state index contributed by atoms with van der Waals surface area (Å²) >= 11 is 1.26. The first-order valence-electron chi connectivity index (χ1n) is 9.30. The predicted molar refractivity (Wildman–Crippen MR) is 114 cm³/mol. The molecule has 30 heavy (non-hydrogen) atoms. The van der Waals surface area contributed by atoms with Crippen molar-refractivity contribution < 1.29 is 19.1 Å². The number of hydrogen-bond donors (Lipinski definition) is 1. The molecule has 1 N–H and O–H groups in total. The number of aliphatic hydroxyl groups is 1. The van der Waals surface area contributed by atoms with Gasteiger partial charge in [-0.15, -0.1) is 11.3 Å². The van der Waals surface area contributed by atoms with E-state index in [1.807, 2.05) is 49.4 Å². The van der Waals surface area contributed by atoms with Gasteiger partial charge in [0.25, 0.3) is 5.91 Å². The van der Waals surface area contributed by atoms with Crippen LogP contribution in [0.15, 0.2) is 81.9 Å². The molecule has 1 amide bonds. The summed E-state index contributed by atoms with van der Waals surface area (Å²) in [5.74, 6) is -1.69. The van der Waals surface area contributed by atoms with Crippen LogP contribution in [0.5, 0.6) is 0 Å². The number of para-hydroxylation sites is 1. The third-order valence-corrected chi connectivity index (χ3v) is 5.89. The number of aliphatic hydroxyl groups excluding tert-OH is 1. The van der Waals surface area contributed by atoms with Gasteiger partial charge in [0.15, 0.2) is 16.7 Å². The zero-order chi connectivity index (χ0) is 20.8. The molecule has 2 aromatic heterocycles. The first-order chi connectivity index (χ1) is 14.5. The molecule has 0 fully saturated rings. The highest BCUT2D eigenvalue weighted by molar-refractivity contribution is 7.13. The molecule has 0 aliphatic carbocycles. The van der Waals surface area contributed by atoms with Gasteiger partial charge in [-0.2, -0.15) is 0 Å². The number of Topliss-reactive ketones (excluding diaryl/α,β-unsaturated/α-hetero) is 1. The second-order valence-corrected chi connectivity index (χ2v) is 7.92. The zero-order valence-electron chi connectivity index (χ0n) is 15.9. The molecular weight excluding hydrogens is 400 g/mol. The van der Waals surface area contributed by atoms with Crippen molar-refractivity contribution in [2.45, 2.75) is 13.0 Å². The number of carbonyl (C=O) groups excluding carboxylic acids is 2. The van der Waals surface area contributed by atoms with Gasteiger partial charge in [0.2, 0.25) is 5.78 Å². The second kappa shape index (κ2) is 6.96. The third kappa shape index (κ3) is 2.83. The molecule has 4 aromatic rings. The smallest absolute Gasteiger partial charge is 0.296 e. The van der Waals surface area contributed by atoms with Crippen molar-refractivity contribution in [2.24, 2.45) is 0 Å². The number of thiazole rings is 1. The summed E-state index contributed by atoms with van der Waals surface area (Å²) in [4.78, 5) is 32.0. The van der Waals surface area contributed by atoms with Crippen LogP contribution in [0.25, 0.3) is 11.0 Å². The van der Waals surface area contributed by atoms with Gasteiger partial charge in [-0.3, -0.25) is 14.5 Å². The lowest BCUT2D eigenvalue weighted by molar-refractivity contribution is -0.117. The van der Waals surface area contributed by atoms with Gasteiger partial charge in [-0.25, -0.2) is 4.98 Å². The number of nitrogens with zero attached hydrogens (tertiary/aromatic N) is 2. The number of fused-ring (bicyclic) bond motifs is 1. The predicted octanol–water partition coefficient (Wildman–Crippen LogP) is 4.98. The Morgan fingerprint density at radius 2 is 1.93 bits per heavy atom. The van der Waals surface area contributed by atoms with E-state index in [0.29, 0.717) is 16.3 Å². The van der Waals surface area contributed by atoms with E-state index in [2.05, 4.69) is 4.98 Å². The molecule has 1 aliphatic rings. The summed E-state index contributed by atoms with van der Waals surface area (Å²) < 4.78 is 5.72. The molecule has 0 saturated heterocycles. The topological polar surface area (TPSA) is 83.6 Å². The Hall–Kier alpha value is -3.71. The largest absolute Gasteiger partial charge is 0.503 e. The number of aryl methyl sites for hydroxylation is 1. The quantitative estimate of drug-likeness (QED) is 0.474. The maximum absolute atomic E-state index is 13.4. The number of hydrogen-bond acceptors (Lipinski definition) is 6. The molecule has 2 aromatic carbocycles. The fourth-order valence-corrected chi connectivity index (χ4v) is 4.33. The number of ketones is 1. The van der Waals surface area contributed by atoms with Crippen LogP contribution >= 0.6 is 11.3 Å². The Bertz CT molecular complexity index is 1270. The van der Waals surface area contributed by atoms with Crippen molar-refractivity contribution in [3.63, 3.8) is 0 Å². The maximum atomic E-state index is 13.4. The number of carbonyl (C=O) groups is 2. The van der Waals surface area contributed by atoms with Gasteiger partial charge >= 0.3 is 0 Å². The molecule has 1 aliphatic heterocycles. The molecule has 148 valence electrons. The average molecular weight is 416 g/mol. The van der Waals surface area contributed by atoms with Crippen molar-refractivity contribution in [2.75, 3.05) is 4.90 Å². The fraction of sp³-hybridized carbons (Fsp3) is 0.0870. The third-order valence-electron chi connectivity index (χ3n) is 5.12. The van der Waals surface area contributed by atoms with Crippen molar-refractivity contribution >= 4 is 39.1 Å². The summed E-state index contributed by atoms with van der Waals surface area (Å²) in [5.41, 5.74) is 2.29. The maximum Gasteiger partial charge on any atom is 0.296 e. The summed E-state index contributed by atoms with van der Waals surface area (Å²) in [6, 6.07) is 15.6.